The number of aliphatic hydroxyl groups is 2. The van der Waals surface area contributed by atoms with E-state index in [-0.39, 0.29) is 0 Å². The van der Waals surface area contributed by atoms with E-state index in [0.717, 1.165) is 16.9 Å². The maximum absolute atomic E-state index is 9.46. The van der Waals surface area contributed by atoms with Gasteiger partial charge in [-0.1, -0.05) is 12.1 Å². The molecular formula is C12H15N3O2. The average Bonchev–Trinajstić information content (AvgIpc) is 2.83. The van der Waals surface area contributed by atoms with Gasteiger partial charge in [-0.2, -0.15) is 0 Å². The van der Waals surface area contributed by atoms with Gasteiger partial charge in [0, 0.05) is 13.1 Å². The van der Waals surface area contributed by atoms with Crippen molar-refractivity contribution in [2.45, 2.75) is 18.8 Å². The molecule has 17 heavy (non-hydrogen) atoms. The van der Waals surface area contributed by atoms with Crippen molar-refractivity contribution in [1.29, 1.82) is 0 Å². The van der Waals surface area contributed by atoms with Crippen molar-refractivity contribution in [1.82, 2.24) is 14.9 Å². The lowest BCUT2D eigenvalue weighted by molar-refractivity contribution is 0.0572. The molecule has 1 fully saturated rings. The molecule has 3 N–H and O–H groups in total. The van der Waals surface area contributed by atoms with E-state index >= 15 is 0 Å². The highest BCUT2D eigenvalue weighted by Gasteiger charge is 2.29. The first-order valence-corrected chi connectivity index (χ1v) is 5.74. The Bertz CT molecular complexity index is 482. The van der Waals surface area contributed by atoms with Gasteiger partial charge in [-0.25, -0.2) is 4.98 Å². The lowest BCUT2D eigenvalue weighted by Gasteiger charge is -2.11. The molecule has 5 heteroatoms. The highest BCUT2D eigenvalue weighted by molar-refractivity contribution is 5.74. The molecule has 1 aromatic heterocycles. The third-order valence-electron chi connectivity index (χ3n) is 3.15. The summed E-state index contributed by atoms with van der Waals surface area (Å²) in [6.07, 6.45) is -1.28. The van der Waals surface area contributed by atoms with Crippen molar-refractivity contribution in [2.24, 2.45) is 0 Å². The maximum Gasteiger partial charge on any atom is 0.121 e. The Morgan fingerprint density at radius 3 is 2.65 bits per heavy atom. The Morgan fingerprint density at radius 2 is 1.94 bits per heavy atom. The lowest BCUT2D eigenvalue weighted by Crippen LogP contribution is -2.22. The zero-order valence-corrected chi connectivity index (χ0v) is 9.37. The molecule has 2 aromatic rings. The molecule has 1 aliphatic rings. The molecule has 2 atom stereocenters. The number of fused-ring (bicyclic) bond motifs is 1. The van der Waals surface area contributed by atoms with Gasteiger partial charge in [0.25, 0.3) is 0 Å². The SMILES string of the molecule is O[C@@H]1CN(Cc2nc3ccccc3[nH]2)C[C@@H]1O. The molecule has 2 heterocycles. The van der Waals surface area contributed by atoms with Crippen LogP contribution in [0.15, 0.2) is 24.3 Å². The topological polar surface area (TPSA) is 72.4 Å². The highest BCUT2D eigenvalue weighted by Crippen LogP contribution is 2.15. The number of β-amino-alcohol motifs (C(OH)–C–C–N with tert-alkyl or cyclic N) is 2. The summed E-state index contributed by atoms with van der Waals surface area (Å²) in [6.45, 7) is 1.62. The van der Waals surface area contributed by atoms with Crippen LogP contribution in [0.25, 0.3) is 11.0 Å². The number of hydrogen-bond acceptors (Lipinski definition) is 4. The molecule has 0 bridgehead atoms. The van der Waals surface area contributed by atoms with E-state index in [1.54, 1.807) is 0 Å². The number of imidazole rings is 1. The number of benzene rings is 1. The average molecular weight is 233 g/mol. The molecule has 0 amide bonds. The summed E-state index contributed by atoms with van der Waals surface area (Å²) in [6, 6.07) is 7.87. The van der Waals surface area contributed by atoms with Crippen LogP contribution >= 0.6 is 0 Å². The van der Waals surface area contributed by atoms with Crippen LogP contribution in [0.5, 0.6) is 0 Å². The fourth-order valence-electron chi connectivity index (χ4n) is 2.27. The van der Waals surface area contributed by atoms with Gasteiger partial charge in [-0.15, -0.1) is 0 Å². The fraction of sp³-hybridized carbons (Fsp3) is 0.417. The number of nitrogens with one attached hydrogen (secondary N) is 1. The van der Waals surface area contributed by atoms with Crippen LogP contribution in [0.2, 0.25) is 0 Å². The Kier molecular flexibility index (Phi) is 2.58. The summed E-state index contributed by atoms with van der Waals surface area (Å²) in [5.74, 6) is 0.868. The van der Waals surface area contributed by atoms with Crippen molar-refractivity contribution in [2.75, 3.05) is 13.1 Å². The highest BCUT2D eigenvalue weighted by atomic mass is 16.3. The number of aliphatic hydroxyl groups excluding tert-OH is 2. The van der Waals surface area contributed by atoms with Gasteiger partial charge in [0.2, 0.25) is 0 Å². The summed E-state index contributed by atoms with van der Waals surface area (Å²) in [5, 5.41) is 18.9. The van der Waals surface area contributed by atoms with Crippen LogP contribution < -0.4 is 0 Å². The predicted octanol–water partition coefficient (Wildman–Crippen LogP) is 0.100. The minimum Gasteiger partial charge on any atom is -0.389 e. The second-order valence-electron chi connectivity index (χ2n) is 4.53. The van der Waals surface area contributed by atoms with E-state index in [1.165, 1.54) is 0 Å². The molecule has 3 rings (SSSR count). The molecule has 5 nitrogen and oxygen atoms in total. The van der Waals surface area contributed by atoms with E-state index in [0.29, 0.717) is 19.6 Å². The number of likely N-dealkylation sites (tertiary alicyclic amines) is 1. The molecule has 1 aliphatic heterocycles. The molecule has 0 radical (unpaired) electrons. The quantitative estimate of drug-likeness (QED) is 0.688. The van der Waals surface area contributed by atoms with Crippen LogP contribution in [-0.4, -0.2) is 50.4 Å². The minimum atomic E-state index is -0.639. The van der Waals surface area contributed by atoms with Gasteiger partial charge in [-0.05, 0) is 12.1 Å². The number of H-pyrrole nitrogens is 1. The van der Waals surface area contributed by atoms with Gasteiger partial charge in [-0.3, -0.25) is 4.90 Å². The molecule has 0 saturated carbocycles. The van der Waals surface area contributed by atoms with Crippen molar-refractivity contribution >= 4 is 11.0 Å². The Labute approximate surface area is 98.7 Å². The third-order valence-corrected chi connectivity index (χ3v) is 3.15. The molecule has 0 unspecified atom stereocenters. The Morgan fingerprint density at radius 1 is 1.24 bits per heavy atom. The van der Waals surface area contributed by atoms with Crippen molar-refractivity contribution in [3.63, 3.8) is 0 Å². The van der Waals surface area contributed by atoms with Gasteiger partial charge in [0.1, 0.15) is 5.82 Å². The summed E-state index contributed by atoms with van der Waals surface area (Å²) < 4.78 is 0. The largest absolute Gasteiger partial charge is 0.389 e. The summed E-state index contributed by atoms with van der Waals surface area (Å²) in [7, 11) is 0. The minimum absolute atomic E-state index is 0.498. The maximum atomic E-state index is 9.46. The zero-order chi connectivity index (χ0) is 11.8. The van der Waals surface area contributed by atoms with Crippen LogP contribution in [-0.2, 0) is 6.54 Å². The van der Waals surface area contributed by atoms with E-state index < -0.39 is 12.2 Å². The Hall–Kier alpha value is -1.43. The second kappa shape index (κ2) is 4.10. The third kappa shape index (κ3) is 2.04. The van der Waals surface area contributed by atoms with Crippen LogP contribution in [0.4, 0.5) is 0 Å². The predicted molar refractivity (Wildman–Crippen MR) is 63.4 cm³/mol. The number of para-hydroxylation sites is 2. The summed E-state index contributed by atoms with van der Waals surface area (Å²) in [4.78, 5) is 9.69. The van der Waals surface area contributed by atoms with E-state index in [9.17, 15) is 10.2 Å². The molecule has 1 aromatic carbocycles. The van der Waals surface area contributed by atoms with Gasteiger partial charge >= 0.3 is 0 Å². The number of aromatic nitrogens is 2. The summed E-state index contributed by atoms with van der Waals surface area (Å²) >= 11 is 0. The van der Waals surface area contributed by atoms with Crippen LogP contribution in [0, 0.1) is 0 Å². The monoisotopic (exact) mass is 233 g/mol. The smallest absolute Gasteiger partial charge is 0.121 e. The first-order valence-electron chi connectivity index (χ1n) is 5.74. The van der Waals surface area contributed by atoms with E-state index in [2.05, 4.69) is 9.97 Å². The lowest BCUT2D eigenvalue weighted by atomic mass is 10.3. The first kappa shape index (κ1) is 10.7. The fourth-order valence-corrected chi connectivity index (χ4v) is 2.27. The molecular weight excluding hydrogens is 218 g/mol. The van der Waals surface area contributed by atoms with Crippen LogP contribution in [0.3, 0.4) is 0 Å². The summed E-state index contributed by atoms with van der Waals surface area (Å²) in [5.41, 5.74) is 1.96. The van der Waals surface area contributed by atoms with Crippen molar-refractivity contribution < 1.29 is 10.2 Å². The van der Waals surface area contributed by atoms with E-state index in [1.807, 2.05) is 29.2 Å². The molecule has 0 spiro atoms. The van der Waals surface area contributed by atoms with Gasteiger partial charge in [0.05, 0.1) is 29.8 Å². The number of nitrogens with zero attached hydrogens (tertiary/aromatic N) is 2. The van der Waals surface area contributed by atoms with Crippen molar-refractivity contribution in [3.8, 4) is 0 Å². The Balaban J connectivity index is 1.77. The van der Waals surface area contributed by atoms with Crippen LogP contribution in [0.1, 0.15) is 5.82 Å². The number of hydrogen-bond donors (Lipinski definition) is 3. The zero-order valence-electron chi connectivity index (χ0n) is 9.37. The first-order chi connectivity index (χ1) is 8.22. The number of rotatable bonds is 2. The van der Waals surface area contributed by atoms with Crippen molar-refractivity contribution in [3.05, 3.63) is 30.1 Å². The molecule has 1 saturated heterocycles. The number of aromatic amines is 1. The molecule has 0 aliphatic carbocycles. The standard InChI is InChI=1S/C12H15N3O2/c16-10-5-15(6-11(10)17)7-12-13-8-3-1-2-4-9(8)14-12/h1-4,10-11,16-17H,5-7H2,(H,13,14)/t10-,11+. The van der Waals surface area contributed by atoms with Gasteiger partial charge < -0.3 is 15.2 Å². The van der Waals surface area contributed by atoms with Gasteiger partial charge in [0.15, 0.2) is 0 Å². The molecule has 90 valence electrons. The normalized spacial score (nSPS) is 25.8. The second-order valence-corrected chi connectivity index (χ2v) is 4.53. The van der Waals surface area contributed by atoms with E-state index in [4.69, 9.17) is 0 Å².